The SMILES string of the molecule is CC(CCc1ccc(O)cc1)NC1CCC(C)C(C)C1. The van der Waals surface area contributed by atoms with Crippen LogP contribution in [0, 0.1) is 11.8 Å². The summed E-state index contributed by atoms with van der Waals surface area (Å²) < 4.78 is 0. The minimum atomic E-state index is 0.352. The Morgan fingerprint density at radius 3 is 2.50 bits per heavy atom. The lowest BCUT2D eigenvalue weighted by Gasteiger charge is -2.34. The molecule has 112 valence electrons. The van der Waals surface area contributed by atoms with E-state index >= 15 is 0 Å². The molecule has 0 saturated heterocycles. The molecule has 0 spiro atoms. The van der Waals surface area contributed by atoms with Gasteiger partial charge in [-0.15, -0.1) is 0 Å². The number of aromatic hydroxyl groups is 1. The van der Waals surface area contributed by atoms with Gasteiger partial charge in [0.1, 0.15) is 5.75 Å². The van der Waals surface area contributed by atoms with Gasteiger partial charge in [-0.1, -0.05) is 26.0 Å². The molecule has 1 aromatic rings. The Morgan fingerprint density at radius 2 is 1.85 bits per heavy atom. The molecule has 20 heavy (non-hydrogen) atoms. The lowest BCUT2D eigenvalue weighted by molar-refractivity contribution is 0.215. The molecule has 0 aliphatic heterocycles. The molecule has 0 bridgehead atoms. The highest BCUT2D eigenvalue weighted by atomic mass is 16.3. The first-order valence-electron chi connectivity index (χ1n) is 8.08. The fraction of sp³-hybridized carbons (Fsp3) is 0.667. The van der Waals surface area contributed by atoms with Crippen molar-refractivity contribution >= 4 is 0 Å². The van der Waals surface area contributed by atoms with Crippen molar-refractivity contribution in [2.45, 2.75) is 65.0 Å². The topological polar surface area (TPSA) is 32.3 Å². The van der Waals surface area contributed by atoms with Gasteiger partial charge in [-0.3, -0.25) is 0 Å². The van der Waals surface area contributed by atoms with Gasteiger partial charge in [0.2, 0.25) is 0 Å². The molecule has 1 fully saturated rings. The Bertz CT molecular complexity index is 400. The molecule has 4 unspecified atom stereocenters. The van der Waals surface area contributed by atoms with E-state index in [1.165, 1.54) is 24.8 Å². The molecule has 0 heterocycles. The number of rotatable bonds is 5. The summed E-state index contributed by atoms with van der Waals surface area (Å²) in [7, 11) is 0. The van der Waals surface area contributed by atoms with Crippen LogP contribution in [-0.2, 0) is 6.42 Å². The van der Waals surface area contributed by atoms with Crippen molar-refractivity contribution in [3.63, 3.8) is 0 Å². The molecule has 0 radical (unpaired) electrons. The Balaban J connectivity index is 1.72. The van der Waals surface area contributed by atoms with Crippen LogP contribution in [0.4, 0.5) is 0 Å². The third-order valence-electron chi connectivity index (χ3n) is 4.92. The minimum absolute atomic E-state index is 0.352. The zero-order valence-electron chi connectivity index (χ0n) is 13.1. The first-order chi connectivity index (χ1) is 9.54. The van der Waals surface area contributed by atoms with Crippen molar-refractivity contribution in [3.8, 4) is 5.75 Å². The van der Waals surface area contributed by atoms with Crippen LogP contribution in [0.2, 0.25) is 0 Å². The van der Waals surface area contributed by atoms with Gasteiger partial charge in [0.05, 0.1) is 0 Å². The number of benzene rings is 1. The summed E-state index contributed by atoms with van der Waals surface area (Å²) in [6, 6.07) is 8.86. The third kappa shape index (κ3) is 4.52. The summed E-state index contributed by atoms with van der Waals surface area (Å²) in [5, 5.41) is 13.1. The Kier molecular flexibility index (Phi) is 5.47. The monoisotopic (exact) mass is 275 g/mol. The van der Waals surface area contributed by atoms with Crippen molar-refractivity contribution in [1.82, 2.24) is 5.32 Å². The van der Waals surface area contributed by atoms with E-state index in [1.54, 1.807) is 12.1 Å². The van der Waals surface area contributed by atoms with Crippen LogP contribution in [0.1, 0.15) is 52.0 Å². The highest BCUT2D eigenvalue weighted by Crippen LogP contribution is 2.29. The molecular weight excluding hydrogens is 246 g/mol. The lowest BCUT2D eigenvalue weighted by Crippen LogP contribution is -2.41. The van der Waals surface area contributed by atoms with Gasteiger partial charge < -0.3 is 10.4 Å². The largest absolute Gasteiger partial charge is 0.508 e. The van der Waals surface area contributed by atoms with Gasteiger partial charge in [-0.2, -0.15) is 0 Å². The van der Waals surface area contributed by atoms with Gasteiger partial charge in [-0.05, 0) is 68.6 Å². The smallest absolute Gasteiger partial charge is 0.115 e. The van der Waals surface area contributed by atoms with Crippen molar-refractivity contribution in [1.29, 1.82) is 0 Å². The highest BCUT2D eigenvalue weighted by molar-refractivity contribution is 5.25. The second kappa shape index (κ2) is 7.12. The number of nitrogens with one attached hydrogen (secondary N) is 1. The molecule has 2 rings (SSSR count). The third-order valence-corrected chi connectivity index (χ3v) is 4.92. The highest BCUT2D eigenvalue weighted by Gasteiger charge is 2.24. The maximum absolute atomic E-state index is 9.28. The zero-order chi connectivity index (χ0) is 14.5. The van der Waals surface area contributed by atoms with Crippen LogP contribution in [0.15, 0.2) is 24.3 Å². The summed E-state index contributed by atoms with van der Waals surface area (Å²) in [5.41, 5.74) is 1.31. The molecular formula is C18H29NO. The number of phenolic OH excluding ortho intramolecular Hbond substituents is 1. The molecule has 1 aromatic carbocycles. The summed E-state index contributed by atoms with van der Waals surface area (Å²) >= 11 is 0. The second-order valence-electron chi connectivity index (χ2n) is 6.74. The summed E-state index contributed by atoms with van der Waals surface area (Å²) in [5.74, 6) is 2.09. The normalized spacial score (nSPS) is 28.2. The summed E-state index contributed by atoms with van der Waals surface area (Å²) in [6.07, 6.45) is 6.25. The lowest BCUT2D eigenvalue weighted by atomic mass is 9.79. The van der Waals surface area contributed by atoms with E-state index in [0.717, 1.165) is 24.7 Å². The fourth-order valence-corrected chi connectivity index (χ4v) is 3.23. The van der Waals surface area contributed by atoms with Crippen molar-refractivity contribution < 1.29 is 5.11 Å². The van der Waals surface area contributed by atoms with Crippen molar-refractivity contribution in [2.24, 2.45) is 11.8 Å². The maximum Gasteiger partial charge on any atom is 0.115 e. The second-order valence-corrected chi connectivity index (χ2v) is 6.74. The van der Waals surface area contributed by atoms with E-state index in [9.17, 15) is 5.11 Å². The van der Waals surface area contributed by atoms with Crippen LogP contribution in [0.25, 0.3) is 0 Å². The first-order valence-corrected chi connectivity index (χ1v) is 8.08. The quantitative estimate of drug-likeness (QED) is 0.847. The maximum atomic E-state index is 9.28. The van der Waals surface area contributed by atoms with E-state index in [2.05, 4.69) is 26.1 Å². The van der Waals surface area contributed by atoms with Crippen molar-refractivity contribution in [3.05, 3.63) is 29.8 Å². The zero-order valence-corrected chi connectivity index (χ0v) is 13.1. The van der Waals surface area contributed by atoms with Gasteiger partial charge in [0.25, 0.3) is 0 Å². The van der Waals surface area contributed by atoms with Crippen molar-refractivity contribution in [2.75, 3.05) is 0 Å². The van der Waals surface area contributed by atoms with Crippen LogP contribution in [0.3, 0.4) is 0 Å². The number of phenols is 1. The Hall–Kier alpha value is -1.02. The summed E-state index contributed by atoms with van der Waals surface area (Å²) in [6.45, 7) is 7.07. The van der Waals surface area contributed by atoms with Gasteiger partial charge >= 0.3 is 0 Å². The number of hydrogen-bond donors (Lipinski definition) is 2. The van der Waals surface area contributed by atoms with Gasteiger partial charge in [0, 0.05) is 12.1 Å². The number of aryl methyl sites for hydroxylation is 1. The molecule has 1 saturated carbocycles. The van der Waals surface area contributed by atoms with Crippen LogP contribution >= 0.6 is 0 Å². The standard InChI is InChI=1S/C18H29NO/c1-13-4-9-17(12-14(13)2)19-15(3)5-6-16-7-10-18(20)11-8-16/h7-8,10-11,13-15,17,19-20H,4-6,9,12H2,1-3H3. The summed E-state index contributed by atoms with van der Waals surface area (Å²) in [4.78, 5) is 0. The van der Waals surface area contributed by atoms with Gasteiger partial charge in [0.15, 0.2) is 0 Å². The minimum Gasteiger partial charge on any atom is -0.508 e. The molecule has 2 nitrogen and oxygen atoms in total. The molecule has 0 aromatic heterocycles. The van der Waals surface area contributed by atoms with Gasteiger partial charge in [-0.25, -0.2) is 0 Å². The van der Waals surface area contributed by atoms with Crippen LogP contribution < -0.4 is 5.32 Å². The Morgan fingerprint density at radius 1 is 1.15 bits per heavy atom. The molecule has 0 amide bonds. The number of hydrogen-bond acceptors (Lipinski definition) is 2. The fourth-order valence-electron chi connectivity index (χ4n) is 3.23. The van der Waals surface area contributed by atoms with E-state index in [1.807, 2.05) is 12.1 Å². The predicted molar refractivity (Wildman–Crippen MR) is 85.0 cm³/mol. The Labute approximate surface area is 123 Å². The van der Waals surface area contributed by atoms with E-state index in [0.29, 0.717) is 17.8 Å². The average Bonchev–Trinajstić information content (AvgIpc) is 2.42. The molecule has 2 N–H and O–H groups in total. The van der Waals surface area contributed by atoms with E-state index < -0.39 is 0 Å². The van der Waals surface area contributed by atoms with Crippen LogP contribution in [0.5, 0.6) is 5.75 Å². The molecule has 1 aliphatic carbocycles. The molecule has 1 aliphatic rings. The van der Waals surface area contributed by atoms with E-state index in [4.69, 9.17) is 0 Å². The first kappa shape index (κ1) is 15.4. The average molecular weight is 275 g/mol. The van der Waals surface area contributed by atoms with Crippen LogP contribution in [-0.4, -0.2) is 17.2 Å². The molecule has 4 atom stereocenters. The predicted octanol–water partition coefficient (Wildman–Crippen LogP) is 4.13. The van der Waals surface area contributed by atoms with E-state index in [-0.39, 0.29) is 0 Å². The molecule has 2 heteroatoms.